The lowest BCUT2D eigenvalue weighted by molar-refractivity contribution is 0.0948. The maximum absolute atomic E-state index is 13.1. The first-order chi connectivity index (χ1) is 19.1. The summed E-state index contributed by atoms with van der Waals surface area (Å²) in [4.78, 5) is 44.1. The van der Waals surface area contributed by atoms with E-state index in [1.165, 1.54) is 6.07 Å². The number of carbonyl (C=O) groups excluding carboxylic acids is 1. The van der Waals surface area contributed by atoms with Crippen LogP contribution in [0.25, 0.3) is 16.7 Å². The molecule has 0 unspecified atom stereocenters. The Morgan fingerprint density at radius 3 is 2.44 bits per heavy atom. The van der Waals surface area contributed by atoms with E-state index in [0.29, 0.717) is 35.2 Å². The SMILES string of the molecule is Cc1nc(N2CCN(c3ccccn3)CC2)nc2c1ccc(=O)n2-c1ccc(C(=O)NCc2ccco2)cc1. The summed E-state index contributed by atoms with van der Waals surface area (Å²) in [6.45, 7) is 5.29. The van der Waals surface area contributed by atoms with E-state index in [9.17, 15) is 9.59 Å². The summed E-state index contributed by atoms with van der Waals surface area (Å²) in [7, 11) is 0. The number of aromatic nitrogens is 4. The van der Waals surface area contributed by atoms with Gasteiger partial charge in [0.1, 0.15) is 11.6 Å². The van der Waals surface area contributed by atoms with E-state index < -0.39 is 0 Å². The molecule has 10 nitrogen and oxygen atoms in total. The molecule has 6 rings (SSSR count). The standard InChI is InChI=1S/C29H27N7O3/c1-20-24-11-12-26(37)36(22-9-7-21(8-10-22)28(38)31-19-23-5-4-18-39-23)27(24)33-29(32-20)35-16-14-34(15-17-35)25-6-2-3-13-30-25/h2-13,18H,14-17,19H2,1H3,(H,31,38). The van der Waals surface area contributed by atoms with Gasteiger partial charge in [-0.25, -0.2) is 9.97 Å². The van der Waals surface area contributed by atoms with E-state index in [1.54, 1.807) is 59.5 Å². The number of fused-ring (bicyclic) bond motifs is 1. The zero-order chi connectivity index (χ0) is 26.8. The number of furan rings is 1. The maximum atomic E-state index is 13.1. The van der Waals surface area contributed by atoms with Gasteiger partial charge >= 0.3 is 0 Å². The van der Waals surface area contributed by atoms with E-state index in [2.05, 4.69) is 20.1 Å². The van der Waals surface area contributed by atoms with Gasteiger partial charge in [-0.2, -0.15) is 4.98 Å². The van der Waals surface area contributed by atoms with Crippen LogP contribution in [0.5, 0.6) is 0 Å². The fourth-order valence-electron chi connectivity index (χ4n) is 4.76. The fraction of sp³-hybridized carbons (Fsp3) is 0.207. The highest BCUT2D eigenvalue weighted by Crippen LogP contribution is 2.22. The number of amides is 1. The number of hydrogen-bond donors (Lipinski definition) is 1. The third-order valence-electron chi connectivity index (χ3n) is 6.86. The molecule has 0 spiro atoms. The third-order valence-corrected chi connectivity index (χ3v) is 6.86. The predicted molar refractivity (Wildman–Crippen MR) is 148 cm³/mol. The van der Waals surface area contributed by atoms with Gasteiger partial charge in [-0.05, 0) is 61.5 Å². The quantitative estimate of drug-likeness (QED) is 0.362. The zero-order valence-electron chi connectivity index (χ0n) is 21.4. The number of pyridine rings is 2. The number of benzene rings is 1. The van der Waals surface area contributed by atoms with E-state index in [0.717, 1.165) is 43.1 Å². The van der Waals surface area contributed by atoms with Crippen molar-refractivity contribution < 1.29 is 9.21 Å². The molecule has 1 aromatic carbocycles. The average Bonchev–Trinajstić information content (AvgIpc) is 3.50. The van der Waals surface area contributed by atoms with Gasteiger partial charge in [0.25, 0.3) is 11.5 Å². The monoisotopic (exact) mass is 521 g/mol. The number of piperazine rings is 1. The number of anilines is 2. The minimum atomic E-state index is -0.228. The van der Waals surface area contributed by atoms with E-state index in [1.807, 2.05) is 25.1 Å². The van der Waals surface area contributed by atoms with Gasteiger partial charge in [-0.1, -0.05) is 6.07 Å². The number of nitrogens with one attached hydrogen (secondary N) is 1. The number of carbonyl (C=O) groups is 1. The van der Waals surface area contributed by atoms with Gasteiger partial charge in [-0.3, -0.25) is 14.2 Å². The molecule has 0 saturated carbocycles. The van der Waals surface area contributed by atoms with Crippen molar-refractivity contribution >= 4 is 28.7 Å². The topological polar surface area (TPSA) is 109 Å². The van der Waals surface area contributed by atoms with E-state index in [4.69, 9.17) is 14.4 Å². The lowest BCUT2D eigenvalue weighted by Crippen LogP contribution is -2.47. The number of rotatable bonds is 6. The Balaban J connectivity index is 1.26. The molecule has 0 aliphatic carbocycles. The number of nitrogens with zero attached hydrogens (tertiary/aromatic N) is 6. The van der Waals surface area contributed by atoms with E-state index in [-0.39, 0.29) is 11.5 Å². The molecule has 10 heteroatoms. The van der Waals surface area contributed by atoms with Gasteiger partial charge in [0, 0.05) is 49.4 Å². The second kappa shape index (κ2) is 10.4. The summed E-state index contributed by atoms with van der Waals surface area (Å²) in [5.74, 6) is 1.99. The van der Waals surface area contributed by atoms with E-state index >= 15 is 0 Å². The molecule has 196 valence electrons. The van der Waals surface area contributed by atoms with Crippen LogP contribution in [0, 0.1) is 6.92 Å². The highest BCUT2D eigenvalue weighted by molar-refractivity contribution is 5.94. The van der Waals surface area contributed by atoms with Crippen molar-refractivity contribution in [2.45, 2.75) is 13.5 Å². The lowest BCUT2D eigenvalue weighted by Gasteiger charge is -2.35. The average molecular weight is 522 g/mol. The highest BCUT2D eigenvalue weighted by Gasteiger charge is 2.22. The van der Waals surface area contributed by atoms with Crippen LogP contribution in [-0.4, -0.2) is 51.6 Å². The Bertz CT molecular complexity index is 1660. The van der Waals surface area contributed by atoms with Crippen molar-refractivity contribution in [2.75, 3.05) is 36.0 Å². The maximum Gasteiger partial charge on any atom is 0.256 e. The summed E-state index contributed by atoms with van der Waals surface area (Å²) in [5.41, 5.74) is 2.23. The van der Waals surface area contributed by atoms with Crippen molar-refractivity contribution in [3.05, 3.63) is 107 Å². The Labute approximate surface area is 224 Å². The molecule has 1 aliphatic heterocycles. The molecule has 1 amide bonds. The lowest BCUT2D eigenvalue weighted by atomic mass is 10.1. The first kappa shape index (κ1) is 24.4. The largest absolute Gasteiger partial charge is 0.467 e. The molecular formula is C29H27N7O3. The highest BCUT2D eigenvalue weighted by atomic mass is 16.3. The Morgan fingerprint density at radius 2 is 1.72 bits per heavy atom. The summed E-state index contributed by atoms with van der Waals surface area (Å²) < 4.78 is 6.84. The minimum absolute atomic E-state index is 0.207. The number of aryl methyl sites for hydroxylation is 1. The van der Waals surface area contributed by atoms with Gasteiger partial charge in [0.2, 0.25) is 5.95 Å². The van der Waals surface area contributed by atoms with Crippen molar-refractivity contribution in [3.63, 3.8) is 0 Å². The molecule has 0 atom stereocenters. The normalized spacial score (nSPS) is 13.6. The van der Waals surface area contributed by atoms with Crippen LogP contribution in [0.3, 0.4) is 0 Å². The molecule has 1 N–H and O–H groups in total. The number of hydrogen-bond acceptors (Lipinski definition) is 8. The van der Waals surface area contributed by atoms with Gasteiger partial charge in [0.05, 0.1) is 24.2 Å². The third kappa shape index (κ3) is 4.96. The van der Waals surface area contributed by atoms with Crippen molar-refractivity contribution in [1.82, 2.24) is 24.8 Å². The Kier molecular flexibility index (Phi) is 6.50. The molecule has 0 radical (unpaired) electrons. The van der Waals surface area contributed by atoms with Gasteiger partial charge in [0.15, 0.2) is 5.65 Å². The molecular weight excluding hydrogens is 494 g/mol. The molecule has 1 fully saturated rings. The summed E-state index contributed by atoms with van der Waals surface area (Å²) in [5, 5.41) is 3.63. The smallest absolute Gasteiger partial charge is 0.256 e. The van der Waals surface area contributed by atoms with Crippen LogP contribution in [0.1, 0.15) is 21.8 Å². The molecule has 4 aromatic heterocycles. The van der Waals surface area contributed by atoms with Crippen LogP contribution in [0.2, 0.25) is 0 Å². The predicted octanol–water partition coefficient (Wildman–Crippen LogP) is 3.33. The summed E-state index contributed by atoms with van der Waals surface area (Å²) >= 11 is 0. The Hall–Kier alpha value is -4.99. The molecule has 1 saturated heterocycles. The van der Waals surface area contributed by atoms with Crippen molar-refractivity contribution in [2.24, 2.45) is 0 Å². The molecule has 39 heavy (non-hydrogen) atoms. The second-order valence-corrected chi connectivity index (χ2v) is 9.32. The van der Waals surface area contributed by atoms with Gasteiger partial charge < -0.3 is 19.5 Å². The molecule has 5 heterocycles. The van der Waals surface area contributed by atoms with Crippen LogP contribution in [0.15, 0.2) is 88.4 Å². The van der Waals surface area contributed by atoms with Crippen LogP contribution >= 0.6 is 0 Å². The van der Waals surface area contributed by atoms with Crippen LogP contribution in [0.4, 0.5) is 11.8 Å². The fourth-order valence-corrected chi connectivity index (χ4v) is 4.76. The van der Waals surface area contributed by atoms with Crippen LogP contribution in [-0.2, 0) is 6.54 Å². The molecule has 1 aliphatic rings. The molecule has 5 aromatic rings. The minimum Gasteiger partial charge on any atom is -0.467 e. The van der Waals surface area contributed by atoms with Gasteiger partial charge in [-0.15, -0.1) is 0 Å². The first-order valence-electron chi connectivity index (χ1n) is 12.8. The van der Waals surface area contributed by atoms with Crippen LogP contribution < -0.4 is 20.7 Å². The van der Waals surface area contributed by atoms with Crippen molar-refractivity contribution in [1.29, 1.82) is 0 Å². The summed E-state index contributed by atoms with van der Waals surface area (Å²) in [6.07, 6.45) is 3.37. The Morgan fingerprint density at radius 1 is 0.923 bits per heavy atom. The first-order valence-corrected chi connectivity index (χ1v) is 12.8. The van der Waals surface area contributed by atoms with Crippen molar-refractivity contribution in [3.8, 4) is 5.69 Å². The second-order valence-electron chi connectivity index (χ2n) is 9.32. The molecule has 0 bridgehead atoms. The zero-order valence-corrected chi connectivity index (χ0v) is 21.4. The summed E-state index contributed by atoms with van der Waals surface area (Å²) in [6, 6.07) is 19.7.